The normalized spacial score (nSPS) is 10.6. The third-order valence-electron chi connectivity index (χ3n) is 1.63. The molecule has 0 aliphatic rings. The summed E-state index contributed by atoms with van der Waals surface area (Å²) in [6, 6.07) is 0. The number of aromatic nitrogens is 1. The molecule has 0 spiro atoms. The Morgan fingerprint density at radius 3 is 3.08 bits per heavy atom. The first-order valence-corrected chi connectivity index (χ1v) is 4.97. The molecule has 1 aromatic rings. The second-order valence-corrected chi connectivity index (χ2v) is 2.92. The van der Waals surface area contributed by atoms with E-state index in [1.54, 1.807) is 6.20 Å². The van der Waals surface area contributed by atoms with E-state index in [1.807, 2.05) is 6.92 Å². The van der Waals surface area contributed by atoms with Gasteiger partial charge in [0.25, 0.3) is 0 Å². The monoisotopic (exact) mass is 203 g/mol. The van der Waals surface area contributed by atoms with Crippen LogP contribution < -0.4 is 0 Å². The molecule has 74 valence electrons. The topological polar surface area (TPSA) is 35.3 Å². The number of oxazole rings is 1. The van der Waals surface area contributed by atoms with Crippen LogP contribution in [0, 0.1) is 0 Å². The molecule has 0 amide bonds. The molecule has 4 heteroatoms. The molecule has 1 heterocycles. The number of alkyl halides is 1. The molecular formula is C9H14ClNO2. The molecule has 3 nitrogen and oxygen atoms in total. The van der Waals surface area contributed by atoms with Crippen molar-refractivity contribution in [3.8, 4) is 0 Å². The standard InChI is InChI=1S/C9H14ClNO2/c1-2-12-5-3-4-8-7-11-9(6-10)13-8/h7H,2-6H2,1H3. The molecule has 0 aromatic carbocycles. The Bertz CT molecular complexity index is 237. The molecule has 0 radical (unpaired) electrons. The minimum atomic E-state index is 0.339. The average molecular weight is 204 g/mol. The number of nitrogens with zero attached hydrogens (tertiary/aromatic N) is 1. The van der Waals surface area contributed by atoms with Crippen molar-refractivity contribution < 1.29 is 9.15 Å². The number of ether oxygens (including phenoxy) is 1. The van der Waals surface area contributed by atoms with E-state index in [9.17, 15) is 0 Å². The quantitative estimate of drug-likeness (QED) is 0.526. The van der Waals surface area contributed by atoms with E-state index in [2.05, 4.69) is 4.98 Å². The molecular weight excluding hydrogens is 190 g/mol. The van der Waals surface area contributed by atoms with Gasteiger partial charge in [0, 0.05) is 19.6 Å². The molecule has 0 unspecified atom stereocenters. The first kappa shape index (κ1) is 10.5. The van der Waals surface area contributed by atoms with E-state index in [0.29, 0.717) is 11.8 Å². The summed E-state index contributed by atoms with van der Waals surface area (Å²) in [5.74, 6) is 1.81. The van der Waals surface area contributed by atoms with Gasteiger partial charge in [0.2, 0.25) is 5.89 Å². The van der Waals surface area contributed by atoms with Crippen molar-refractivity contribution in [2.45, 2.75) is 25.6 Å². The maximum absolute atomic E-state index is 5.54. The van der Waals surface area contributed by atoms with Gasteiger partial charge in [-0.15, -0.1) is 11.6 Å². The largest absolute Gasteiger partial charge is 0.444 e. The van der Waals surface area contributed by atoms with Crippen LogP contribution in [0.2, 0.25) is 0 Å². The third-order valence-corrected chi connectivity index (χ3v) is 1.86. The lowest BCUT2D eigenvalue weighted by molar-refractivity contribution is 0.144. The molecule has 0 N–H and O–H groups in total. The van der Waals surface area contributed by atoms with Crippen molar-refractivity contribution in [1.29, 1.82) is 0 Å². The average Bonchev–Trinajstić information content (AvgIpc) is 2.60. The van der Waals surface area contributed by atoms with E-state index in [-0.39, 0.29) is 0 Å². The number of hydrogen-bond donors (Lipinski definition) is 0. The lowest BCUT2D eigenvalue weighted by Crippen LogP contribution is -1.94. The number of hydrogen-bond acceptors (Lipinski definition) is 3. The predicted molar refractivity (Wildman–Crippen MR) is 50.9 cm³/mol. The van der Waals surface area contributed by atoms with Crippen molar-refractivity contribution in [2.24, 2.45) is 0 Å². The van der Waals surface area contributed by atoms with E-state index < -0.39 is 0 Å². The van der Waals surface area contributed by atoms with Crippen LogP contribution in [0.1, 0.15) is 25.0 Å². The maximum Gasteiger partial charge on any atom is 0.209 e. The van der Waals surface area contributed by atoms with Crippen LogP contribution in [0.25, 0.3) is 0 Å². The zero-order valence-corrected chi connectivity index (χ0v) is 8.51. The van der Waals surface area contributed by atoms with Crippen molar-refractivity contribution >= 4 is 11.6 Å². The Hall–Kier alpha value is -0.540. The highest BCUT2D eigenvalue weighted by atomic mass is 35.5. The van der Waals surface area contributed by atoms with Gasteiger partial charge in [-0.1, -0.05) is 0 Å². The van der Waals surface area contributed by atoms with Crippen LogP contribution in [0.15, 0.2) is 10.6 Å². The second kappa shape index (κ2) is 6.00. The summed E-state index contributed by atoms with van der Waals surface area (Å²) in [5, 5.41) is 0. The third kappa shape index (κ3) is 3.79. The van der Waals surface area contributed by atoms with Gasteiger partial charge in [-0.25, -0.2) is 4.98 Å². The molecule has 0 saturated heterocycles. The van der Waals surface area contributed by atoms with E-state index in [4.69, 9.17) is 20.8 Å². The van der Waals surface area contributed by atoms with Crippen LogP contribution in [-0.2, 0) is 17.0 Å². The molecule has 13 heavy (non-hydrogen) atoms. The smallest absolute Gasteiger partial charge is 0.209 e. The van der Waals surface area contributed by atoms with Crippen molar-refractivity contribution in [3.05, 3.63) is 17.8 Å². The highest BCUT2D eigenvalue weighted by molar-refractivity contribution is 6.16. The minimum Gasteiger partial charge on any atom is -0.444 e. The summed E-state index contributed by atoms with van der Waals surface area (Å²) in [6.45, 7) is 3.52. The lowest BCUT2D eigenvalue weighted by Gasteiger charge is -1.97. The summed E-state index contributed by atoms with van der Waals surface area (Å²) in [7, 11) is 0. The number of aryl methyl sites for hydroxylation is 1. The van der Waals surface area contributed by atoms with Gasteiger partial charge in [-0.2, -0.15) is 0 Å². The molecule has 0 atom stereocenters. The van der Waals surface area contributed by atoms with Gasteiger partial charge in [-0.05, 0) is 13.3 Å². The summed E-state index contributed by atoms with van der Waals surface area (Å²) in [4.78, 5) is 3.99. The van der Waals surface area contributed by atoms with Gasteiger partial charge in [-0.3, -0.25) is 0 Å². The fourth-order valence-electron chi connectivity index (χ4n) is 1.02. The second-order valence-electron chi connectivity index (χ2n) is 2.65. The molecule has 1 rings (SSSR count). The summed E-state index contributed by atoms with van der Waals surface area (Å²) < 4.78 is 10.5. The number of rotatable bonds is 6. The molecule has 0 bridgehead atoms. The highest BCUT2D eigenvalue weighted by Gasteiger charge is 2.01. The zero-order chi connectivity index (χ0) is 9.52. The predicted octanol–water partition coefficient (Wildman–Crippen LogP) is 2.38. The van der Waals surface area contributed by atoms with Crippen LogP contribution in [0.3, 0.4) is 0 Å². The fourth-order valence-corrected chi connectivity index (χ4v) is 1.14. The molecule has 0 aliphatic carbocycles. The van der Waals surface area contributed by atoms with E-state index >= 15 is 0 Å². The zero-order valence-electron chi connectivity index (χ0n) is 7.75. The van der Waals surface area contributed by atoms with Gasteiger partial charge in [0.1, 0.15) is 5.76 Å². The molecule has 0 saturated carbocycles. The highest BCUT2D eigenvalue weighted by Crippen LogP contribution is 2.08. The van der Waals surface area contributed by atoms with Crippen LogP contribution in [0.5, 0.6) is 0 Å². The summed E-state index contributed by atoms with van der Waals surface area (Å²) in [6.07, 6.45) is 3.55. The summed E-state index contributed by atoms with van der Waals surface area (Å²) in [5.41, 5.74) is 0. The van der Waals surface area contributed by atoms with E-state index in [0.717, 1.165) is 31.8 Å². The molecule has 1 aromatic heterocycles. The Morgan fingerprint density at radius 1 is 1.62 bits per heavy atom. The van der Waals surface area contributed by atoms with E-state index in [1.165, 1.54) is 0 Å². The Kier molecular flexibility index (Phi) is 4.86. The van der Waals surface area contributed by atoms with Gasteiger partial charge >= 0.3 is 0 Å². The van der Waals surface area contributed by atoms with Crippen LogP contribution in [0.4, 0.5) is 0 Å². The maximum atomic E-state index is 5.54. The van der Waals surface area contributed by atoms with Crippen molar-refractivity contribution in [2.75, 3.05) is 13.2 Å². The van der Waals surface area contributed by atoms with Crippen LogP contribution >= 0.6 is 11.6 Å². The van der Waals surface area contributed by atoms with Crippen LogP contribution in [-0.4, -0.2) is 18.2 Å². The fraction of sp³-hybridized carbons (Fsp3) is 0.667. The molecule has 0 aliphatic heterocycles. The minimum absolute atomic E-state index is 0.339. The summed E-state index contributed by atoms with van der Waals surface area (Å²) >= 11 is 5.54. The Morgan fingerprint density at radius 2 is 2.46 bits per heavy atom. The number of halogens is 1. The first-order valence-electron chi connectivity index (χ1n) is 4.44. The van der Waals surface area contributed by atoms with Crippen molar-refractivity contribution in [3.63, 3.8) is 0 Å². The van der Waals surface area contributed by atoms with Crippen molar-refractivity contribution in [1.82, 2.24) is 4.98 Å². The van der Waals surface area contributed by atoms with Gasteiger partial charge in [0.15, 0.2) is 0 Å². The SMILES string of the molecule is CCOCCCc1cnc(CCl)o1. The van der Waals surface area contributed by atoms with Gasteiger partial charge < -0.3 is 9.15 Å². The Balaban J connectivity index is 2.20. The Labute approximate surface area is 83.1 Å². The first-order chi connectivity index (χ1) is 6.36. The molecule has 0 fully saturated rings. The van der Waals surface area contributed by atoms with Gasteiger partial charge in [0.05, 0.1) is 12.1 Å². The lowest BCUT2D eigenvalue weighted by atomic mass is 10.3.